The van der Waals surface area contributed by atoms with E-state index in [1.54, 1.807) is 18.2 Å². The molecule has 2 nitrogen and oxygen atoms in total. The Labute approximate surface area is 118 Å². The maximum atomic E-state index is 11.1. The number of aliphatic hydroxyl groups is 1. The first kappa shape index (κ1) is 14.0. The van der Waals surface area contributed by atoms with Gasteiger partial charge in [-0.3, -0.25) is 4.79 Å². The normalized spacial score (nSPS) is 13.3. The van der Waals surface area contributed by atoms with Gasteiger partial charge in [0.15, 0.2) is 0 Å². The molecule has 0 aliphatic rings. The van der Waals surface area contributed by atoms with Crippen LogP contribution in [0.2, 0.25) is 0 Å². The summed E-state index contributed by atoms with van der Waals surface area (Å²) in [5.74, 6) is 0. The first-order valence-electron chi connectivity index (χ1n) is 6.43. The summed E-state index contributed by atoms with van der Waals surface area (Å²) in [5, 5.41) is 10.0. The SMILES string of the molecule is O=C/C(=C/c1ccccc1)C(O)/C=C/c1ccccc1. The lowest BCUT2D eigenvalue weighted by atomic mass is 10.1. The van der Waals surface area contributed by atoms with Gasteiger partial charge in [0.05, 0.1) is 0 Å². The van der Waals surface area contributed by atoms with Crippen LogP contribution < -0.4 is 0 Å². The zero-order valence-electron chi connectivity index (χ0n) is 11.0. The van der Waals surface area contributed by atoms with Crippen LogP contribution in [-0.2, 0) is 4.79 Å². The van der Waals surface area contributed by atoms with Gasteiger partial charge in [-0.15, -0.1) is 0 Å². The Hall–Kier alpha value is -2.45. The molecule has 0 saturated carbocycles. The zero-order valence-corrected chi connectivity index (χ0v) is 11.0. The fourth-order valence-corrected chi connectivity index (χ4v) is 1.81. The smallest absolute Gasteiger partial charge is 0.148 e. The van der Waals surface area contributed by atoms with Crippen LogP contribution in [-0.4, -0.2) is 17.5 Å². The number of hydrogen-bond acceptors (Lipinski definition) is 2. The maximum absolute atomic E-state index is 11.1. The molecule has 2 aromatic carbocycles. The van der Waals surface area contributed by atoms with Crippen molar-refractivity contribution in [3.8, 4) is 0 Å². The largest absolute Gasteiger partial charge is 0.384 e. The third-order valence-corrected chi connectivity index (χ3v) is 2.88. The summed E-state index contributed by atoms with van der Waals surface area (Å²) in [6.45, 7) is 0. The minimum absolute atomic E-state index is 0.336. The van der Waals surface area contributed by atoms with Crippen molar-refractivity contribution in [3.05, 3.63) is 83.4 Å². The molecule has 2 aromatic rings. The van der Waals surface area contributed by atoms with Crippen LogP contribution in [0.3, 0.4) is 0 Å². The minimum Gasteiger partial charge on any atom is -0.384 e. The lowest BCUT2D eigenvalue weighted by Gasteiger charge is -2.05. The number of benzene rings is 2. The molecule has 0 radical (unpaired) electrons. The lowest BCUT2D eigenvalue weighted by molar-refractivity contribution is -0.105. The average molecular weight is 264 g/mol. The Balaban J connectivity index is 2.14. The van der Waals surface area contributed by atoms with E-state index in [1.165, 1.54) is 0 Å². The van der Waals surface area contributed by atoms with Gasteiger partial charge in [-0.1, -0.05) is 72.8 Å². The van der Waals surface area contributed by atoms with Crippen LogP contribution in [0.4, 0.5) is 0 Å². The van der Waals surface area contributed by atoms with Crippen LogP contribution in [0.1, 0.15) is 11.1 Å². The number of aldehydes is 1. The lowest BCUT2D eigenvalue weighted by Crippen LogP contribution is -2.07. The predicted octanol–water partition coefficient (Wildman–Crippen LogP) is 3.34. The van der Waals surface area contributed by atoms with Gasteiger partial charge in [0, 0.05) is 5.57 Å². The number of carbonyl (C=O) groups is 1. The van der Waals surface area contributed by atoms with E-state index in [-0.39, 0.29) is 0 Å². The fourth-order valence-electron chi connectivity index (χ4n) is 1.81. The summed E-state index contributed by atoms with van der Waals surface area (Å²) in [6.07, 6.45) is 4.87. The highest BCUT2D eigenvalue weighted by molar-refractivity contribution is 5.84. The second kappa shape index (κ2) is 7.22. The standard InChI is InChI=1S/C18H16O2/c19-14-17(13-16-9-5-2-6-10-16)18(20)12-11-15-7-3-1-4-8-15/h1-14,18,20H/b12-11+,17-13-. The van der Waals surface area contributed by atoms with Gasteiger partial charge in [0.2, 0.25) is 0 Å². The Morgan fingerprint density at radius 1 is 0.900 bits per heavy atom. The molecule has 0 amide bonds. The van der Waals surface area contributed by atoms with Crippen LogP contribution in [0.15, 0.2) is 72.3 Å². The van der Waals surface area contributed by atoms with Crippen molar-refractivity contribution >= 4 is 18.4 Å². The van der Waals surface area contributed by atoms with Crippen LogP contribution in [0, 0.1) is 0 Å². The van der Waals surface area contributed by atoms with E-state index in [2.05, 4.69) is 0 Å². The van der Waals surface area contributed by atoms with Crippen molar-refractivity contribution in [2.75, 3.05) is 0 Å². The van der Waals surface area contributed by atoms with Gasteiger partial charge in [0.25, 0.3) is 0 Å². The molecule has 2 rings (SSSR count). The molecule has 2 heteroatoms. The molecule has 0 spiro atoms. The molecule has 0 bridgehead atoms. The number of rotatable bonds is 5. The van der Waals surface area contributed by atoms with Gasteiger partial charge in [-0.05, 0) is 17.2 Å². The summed E-state index contributed by atoms with van der Waals surface area (Å²) in [6, 6.07) is 19.1. The highest BCUT2D eigenvalue weighted by Crippen LogP contribution is 2.11. The van der Waals surface area contributed by atoms with Crippen molar-refractivity contribution < 1.29 is 9.90 Å². The van der Waals surface area contributed by atoms with Crippen LogP contribution in [0.5, 0.6) is 0 Å². The number of hydrogen-bond donors (Lipinski definition) is 1. The van der Waals surface area contributed by atoms with E-state index >= 15 is 0 Å². The molecule has 0 aliphatic heterocycles. The second-order valence-corrected chi connectivity index (χ2v) is 4.39. The highest BCUT2D eigenvalue weighted by Gasteiger charge is 2.06. The summed E-state index contributed by atoms with van der Waals surface area (Å²) in [4.78, 5) is 11.1. The van der Waals surface area contributed by atoms with Crippen molar-refractivity contribution in [1.29, 1.82) is 0 Å². The van der Waals surface area contributed by atoms with Crippen molar-refractivity contribution in [2.45, 2.75) is 6.10 Å². The average Bonchev–Trinajstić information content (AvgIpc) is 2.52. The summed E-state index contributed by atoms with van der Waals surface area (Å²) >= 11 is 0. The monoisotopic (exact) mass is 264 g/mol. The maximum Gasteiger partial charge on any atom is 0.148 e. The van der Waals surface area contributed by atoms with E-state index in [9.17, 15) is 9.90 Å². The molecule has 0 fully saturated rings. The van der Waals surface area contributed by atoms with Crippen molar-refractivity contribution in [2.24, 2.45) is 0 Å². The minimum atomic E-state index is -0.909. The summed E-state index contributed by atoms with van der Waals surface area (Å²) in [7, 11) is 0. The Morgan fingerprint density at radius 2 is 1.45 bits per heavy atom. The van der Waals surface area contributed by atoms with Crippen molar-refractivity contribution in [1.82, 2.24) is 0 Å². The summed E-state index contributed by atoms with van der Waals surface area (Å²) in [5.41, 5.74) is 2.21. The molecular formula is C18H16O2. The summed E-state index contributed by atoms with van der Waals surface area (Å²) < 4.78 is 0. The molecule has 20 heavy (non-hydrogen) atoms. The van der Waals surface area contributed by atoms with Gasteiger partial charge in [0.1, 0.15) is 12.4 Å². The zero-order chi connectivity index (χ0) is 14.2. The molecule has 100 valence electrons. The number of aliphatic hydroxyl groups excluding tert-OH is 1. The van der Waals surface area contributed by atoms with Gasteiger partial charge in [-0.2, -0.15) is 0 Å². The Kier molecular flexibility index (Phi) is 5.04. The first-order chi connectivity index (χ1) is 9.79. The van der Waals surface area contributed by atoms with Crippen LogP contribution in [0.25, 0.3) is 12.2 Å². The molecule has 0 heterocycles. The third-order valence-electron chi connectivity index (χ3n) is 2.88. The molecular weight excluding hydrogens is 248 g/mol. The number of carbonyl (C=O) groups excluding carboxylic acids is 1. The molecule has 1 N–H and O–H groups in total. The predicted molar refractivity (Wildman–Crippen MR) is 82.0 cm³/mol. The first-order valence-corrected chi connectivity index (χ1v) is 6.43. The van der Waals surface area contributed by atoms with Crippen molar-refractivity contribution in [3.63, 3.8) is 0 Å². The quantitative estimate of drug-likeness (QED) is 0.664. The third kappa shape index (κ3) is 4.04. The highest BCUT2D eigenvalue weighted by atomic mass is 16.3. The van der Waals surface area contributed by atoms with E-state index in [4.69, 9.17) is 0 Å². The Morgan fingerprint density at radius 3 is 2.00 bits per heavy atom. The van der Waals surface area contributed by atoms with E-state index in [0.29, 0.717) is 11.9 Å². The van der Waals surface area contributed by atoms with Gasteiger partial charge >= 0.3 is 0 Å². The van der Waals surface area contributed by atoms with Crippen LogP contribution >= 0.6 is 0 Å². The van der Waals surface area contributed by atoms with Gasteiger partial charge in [-0.25, -0.2) is 0 Å². The molecule has 1 unspecified atom stereocenters. The van der Waals surface area contributed by atoms with E-state index in [1.807, 2.05) is 60.7 Å². The molecule has 0 aromatic heterocycles. The van der Waals surface area contributed by atoms with Gasteiger partial charge < -0.3 is 5.11 Å². The topological polar surface area (TPSA) is 37.3 Å². The molecule has 0 aliphatic carbocycles. The fraction of sp³-hybridized carbons (Fsp3) is 0.0556. The van der Waals surface area contributed by atoms with E-state index < -0.39 is 6.10 Å². The molecule has 0 saturated heterocycles. The second-order valence-electron chi connectivity index (χ2n) is 4.39. The van der Waals surface area contributed by atoms with E-state index in [0.717, 1.165) is 11.1 Å². The Bertz CT molecular complexity index is 598. The molecule has 1 atom stereocenters.